The second-order valence-corrected chi connectivity index (χ2v) is 10.8. The van der Waals surface area contributed by atoms with E-state index in [2.05, 4.69) is 13.8 Å². The van der Waals surface area contributed by atoms with Gasteiger partial charge in [0.25, 0.3) is 11.5 Å². The zero-order chi connectivity index (χ0) is 27.2. The molecule has 198 valence electrons. The molecule has 1 atom stereocenters. The molecular weight excluding hydrogens is 492 g/mol. The summed E-state index contributed by atoms with van der Waals surface area (Å²) in [6, 6.07) is 19.1. The van der Waals surface area contributed by atoms with E-state index >= 15 is 0 Å². The Balaban J connectivity index is 1.91. The minimum absolute atomic E-state index is 0.00231. The van der Waals surface area contributed by atoms with Gasteiger partial charge in [0.1, 0.15) is 5.82 Å². The molecule has 1 unspecified atom stereocenters. The van der Waals surface area contributed by atoms with Gasteiger partial charge < -0.3 is 10.6 Å². The quantitative estimate of drug-likeness (QED) is 0.281. The maximum Gasteiger partial charge on any atom is 0.262 e. The van der Waals surface area contributed by atoms with E-state index in [4.69, 9.17) is 10.7 Å². The van der Waals surface area contributed by atoms with Crippen molar-refractivity contribution in [1.82, 2.24) is 14.5 Å². The Bertz CT molecular complexity index is 1410. The van der Waals surface area contributed by atoms with Crippen LogP contribution in [-0.2, 0) is 6.54 Å². The van der Waals surface area contributed by atoms with Crippen molar-refractivity contribution < 1.29 is 4.79 Å². The Hall–Kier alpha value is -3.55. The summed E-state index contributed by atoms with van der Waals surface area (Å²) in [6.45, 7) is 9.33. The molecule has 2 heterocycles. The molecule has 1 amide bonds. The highest BCUT2D eigenvalue weighted by atomic mass is 32.1. The number of carbonyl (C=O) groups excluding carboxylic acids is 1. The van der Waals surface area contributed by atoms with Crippen LogP contribution in [-0.4, -0.2) is 33.4 Å². The lowest BCUT2D eigenvalue weighted by molar-refractivity contribution is 0.0602. The van der Waals surface area contributed by atoms with E-state index in [1.54, 1.807) is 15.9 Å². The fraction of sp³-hybridized carbons (Fsp3) is 0.323. The van der Waals surface area contributed by atoms with Crippen molar-refractivity contribution in [1.29, 1.82) is 0 Å². The molecule has 4 rings (SSSR count). The normalized spacial score (nSPS) is 12.1. The molecule has 0 radical (unpaired) electrons. The van der Waals surface area contributed by atoms with Crippen LogP contribution >= 0.6 is 11.3 Å². The second-order valence-electron chi connectivity index (χ2n) is 10.0. The first kappa shape index (κ1) is 27.5. The predicted molar refractivity (Wildman–Crippen MR) is 156 cm³/mol. The zero-order valence-electron chi connectivity index (χ0n) is 22.6. The van der Waals surface area contributed by atoms with Gasteiger partial charge in [0, 0.05) is 12.1 Å². The Kier molecular flexibility index (Phi) is 8.92. The molecule has 7 heteroatoms. The van der Waals surface area contributed by atoms with Gasteiger partial charge in [-0.15, -0.1) is 0 Å². The van der Waals surface area contributed by atoms with Crippen molar-refractivity contribution in [3.8, 4) is 11.1 Å². The first-order chi connectivity index (χ1) is 18.3. The first-order valence-corrected chi connectivity index (χ1v) is 14.0. The van der Waals surface area contributed by atoms with E-state index in [0.717, 1.165) is 16.7 Å². The van der Waals surface area contributed by atoms with E-state index in [1.807, 2.05) is 90.2 Å². The highest BCUT2D eigenvalue weighted by Crippen LogP contribution is 2.31. The van der Waals surface area contributed by atoms with Crippen LogP contribution in [0.2, 0.25) is 0 Å². The number of nitrogens with two attached hydrogens (primary N) is 1. The van der Waals surface area contributed by atoms with Crippen molar-refractivity contribution in [3.05, 3.63) is 110 Å². The molecule has 2 aromatic carbocycles. The monoisotopic (exact) mass is 528 g/mol. The lowest BCUT2D eigenvalue weighted by atomic mass is 9.98. The van der Waals surface area contributed by atoms with E-state index in [1.165, 1.54) is 0 Å². The molecule has 0 aliphatic heterocycles. The molecule has 0 saturated heterocycles. The van der Waals surface area contributed by atoms with Gasteiger partial charge in [-0.25, -0.2) is 4.98 Å². The van der Waals surface area contributed by atoms with Crippen molar-refractivity contribution in [3.63, 3.8) is 0 Å². The van der Waals surface area contributed by atoms with Crippen LogP contribution in [0.4, 0.5) is 0 Å². The molecule has 0 bridgehead atoms. The number of nitrogens with zero attached hydrogens (tertiary/aromatic N) is 3. The van der Waals surface area contributed by atoms with E-state index < -0.39 is 6.04 Å². The van der Waals surface area contributed by atoms with Crippen LogP contribution in [0.3, 0.4) is 0 Å². The van der Waals surface area contributed by atoms with Gasteiger partial charge in [-0.05, 0) is 72.8 Å². The van der Waals surface area contributed by atoms with Crippen LogP contribution < -0.4 is 11.3 Å². The van der Waals surface area contributed by atoms with Gasteiger partial charge in [-0.1, -0.05) is 61.9 Å². The summed E-state index contributed by atoms with van der Waals surface area (Å²) in [5.74, 6) is 0.516. The molecular formula is C31H36N4O2S. The molecule has 0 aliphatic carbocycles. The number of carbonyl (C=O) groups is 1. The number of aryl methyl sites for hydroxylation is 2. The van der Waals surface area contributed by atoms with Gasteiger partial charge in [0.05, 0.1) is 23.8 Å². The molecule has 2 N–H and O–H groups in total. The summed E-state index contributed by atoms with van der Waals surface area (Å²) >= 11 is 1.55. The van der Waals surface area contributed by atoms with Crippen molar-refractivity contribution in [2.75, 3.05) is 13.1 Å². The third-order valence-corrected chi connectivity index (χ3v) is 7.45. The average Bonchev–Trinajstić information content (AvgIpc) is 3.43. The van der Waals surface area contributed by atoms with Crippen molar-refractivity contribution in [2.45, 2.75) is 46.7 Å². The Morgan fingerprint density at radius 2 is 1.76 bits per heavy atom. The van der Waals surface area contributed by atoms with Gasteiger partial charge in [0.15, 0.2) is 0 Å². The molecule has 0 fully saturated rings. The van der Waals surface area contributed by atoms with Gasteiger partial charge in [-0.2, -0.15) is 11.3 Å². The summed E-state index contributed by atoms with van der Waals surface area (Å²) in [5.41, 5.74) is 10.6. The number of thiophene rings is 1. The largest absolute Gasteiger partial charge is 0.330 e. The summed E-state index contributed by atoms with van der Waals surface area (Å²) < 4.78 is 1.76. The number of hydrogen-bond donors (Lipinski definition) is 1. The standard InChI is InChI=1S/C31H36N4O2S/c1-21(2)28(34(17-8-16-32)30(36)25-13-11-22(3)12-14-25)29-33-23(4)27(26-15-18-38-20-26)31(37)35(29)19-24-9-6-5-7-10-24/h5-7,9-15,18,20-21,28H,8,16-17,19,32H2,1-4H3. The van der Waals surface area contributed by atoms with Crippen LogP contribution in [0.1, 0.15) is 59.3 Å². The SMILES string of the molecule is Cc1ccc(C(=O)N(CCCN)C(c2nc(C)c(-c3ccsc3)c(=O)n2Cc2ccccc2)C(C)C)cc1. The number of benzene rings is 2. The number of rotatable bonds is 10. The topological polar surface area (TPSA) is 81.2 Å². The third kappa shape index (κ3) is 5.95. The maximum absolute atomic E-state index is 14.2. The van der Waals surface area contributed by atoms with Crippen LogP contribution in [0.25, 0.3) is 11.1 Å². The van der Waals surface area contributed by atoms with E-state index in [0.29, 0.717) is 48.7 Å². The van der Waals surface area contributed by atoms with E-state index in [9.17, 15) is 9.59 Å². The fourth-order valence-electron chi connectivity index (χ4n) is 4.85. The lowest BCUT2D eigenvalue weighted by Gasteiger charge is -2.36. The molecule has 38 heavy (non-hydrogen) atoms. The number of aromatic nitrogens is 2. The second kappa shape index (κ2) is 12.3. The maximum atomic E-state index is 14.2. The van der Waals surface area contributed by atoms with Crippen LogP contribution in [0, 0.1) is 19.8 Å². The van der Waals surface area contributed by atoms with E-state index in [-0.39, 0.29) is 17.4 Å². The molecule has 2 aromatic heterocycles. The summed E-state index contributed by atoms with van der Waals surface area (Å²) in [7, 11) is 0. The Morgan fingerprint density at radius 1 is 1.05 bits per heavy atom. The zero-order valence-corrected chi connectivity index (χ0v) is 23.4. The predicted octanol–water partition coefficient (Wildman–Crippen LogP) is 5.83. The lowest BCUT2D eigenvalue weighted by Crippen LogP contribution is -2.42. The minimum atomic E-state index is -0.415. The molecule has 0 spiro atoms. The van der Waals surface area contributed by atoms with Gasteiger partial charge in [-0.3, -0.25) is 14.2 Å². The Labute approximate surface area is 228 Å². The van der Waals surface area contributed by atoms with Crippen LogP contribution in [0.15, 0.2) is 76.2 Å². The van der Waals surface area contributed by atoms with Gasteiger partial charge in [0.2, 0.25) is 0 Å². The number of hydrogen-bond acceptors (Lipinski definition) is 5. The summed E-state index contributed by atoms with van der Waals surface area (Å²) in [4.78, 5) is 35.0. The van der Waals surface area contributed by atoms with Crippen LogP contribution in [0.5, 0.6) is 0 Å². The third-order valence-electron chi connectivity index (χ3n) is 6.77. The minimum Gasteiger partial charge on any atom is -0.330 e. The highest BCUT2D eigenvalue weighted by Gasteiger charge is 2.33. The fourth-order valence-corrected chi connectivity index (χ4v) is 5.50. The molecule has 6 nitrogen and oxygen atoms in total. The van der Waals surface area contributed by atoms with Gasteiger partial charge >= 0.3 is 0 Å². The average molecular weight is 529 g/mol. The molecule has 0 saturated carbocycles. The molecule has 0 aliphatic rings. The van der Waals surface area contributed by atoms with Crippen molar-refractivity contribution >= 4 is 17.2 Å². The molecule has 4 aromatic rings. The first-order valence-electron chi connectivity index (χ1n) is 13.1. The number of amides is 1. The summed E-state index contributed by atoms with van der Waals surface area (Å²) in [6.07, 6.45) is 0.649. The Morgan fingerprint density at radius 3 is 2.37 bits per heavy atom. The highest BCUT2D eigenvalue weighted by molar-refractivity contribution is 7.08. The smallest absolute Gasteiger partial charge is 0.262 e. The van der Waals surface area contributed by atoms with Crippen molar-refractivity contribution in [2.24, 2.45) is 11.7 Å². The summed E-state index contributed by atoms with van der Waals surface area (Å²) in [5, 5.41) is 3.95.